The molecule has 132 valence electrons. The minimum atomic E-state index is -0.420. The average molecular weight is 347 g/mol. The van der Waals surface area contributed by atoms with E-state index < -0.39 is 5.97 Å². The van der Waals surface area contributed by atoms with Gasteiger partial charge in [0.05, 0.1) is 6.42 Å². The first-order valence-electron chi connectivity index (χ1n) is 8.52. The van der Waals surface area contributed by atoms with Crippen LogP contribution in [-0.4, -0.2) is 18.5 Å². The number of benzene rings is 3. The molecule has 4 heteroatoms. The Morgan fingerprint density at radius 3 is 2.50 bits per heavy atom. The molecule has 0 spiro atoms. The van der Waals surface area contributed by atoms with Gasteiger partial charge in [-0.05, 0) is 47.4 Å². The zero-order valence-electron chi connectivity index (χ0n) is 14.9. The van der Waals surface area contributed by atoms with Crippen LogP contribution in [0.4, 0.5) is 5.69 Å². The van der Waals surface area contributed by atoms with Crippen molar-refractivity contribution >= 4 is 28.3 Å². The van der Waals surface area contributed by atoms with Crippen molar-refractivity contribution in [2.45, 2.75) is 20.3 Å². The molecule has 0 aliphatic carbocycles. The van der Waals surface area contributed by atoms with Crippen LogP contribution in [-0.2, 0) is 20.7 Å². The van der Waals surface area contributed by atoms with Crippen molar-refractivity contribution in [2.24, 2.45) is 0 Å². The van der Waals surface area contributed by atoms with E-state index >= 15 is 0 Å². The van der Waals surface area contributed by atoms with Crippen LogP contribution in [0, 0.1) is 13.8 Å². The number of ether oxygens (including phenoxy) is 1. The first-order chi connectivity index (χ1) is 12.5. The summed E-state index contributed by atoms with van der Waals surface area (Å²) in [5.74, 6) is -0.762. The summed E-state index contributed by atoms with van der Waals surface area (Å²) < 4.78 is 5.11. The monoisotopic (exact) mass is 347 g/mol. The predicted octanol–water partition coefficient (Wildman–Crippen LogP) is 4.18. The van der Waals surface area contributed by atoms with Gasteiger partial charge in [0.15, 0.2) is 6.61 Å². The molecular weight excluding hydrogens is 326 g/mol. The number of amides is 1. The quantitative estimate of drug-likeness (QED) is 0.705. The molecule has 0 saturated heterocycles. The molecule has 0 fully saturated rings. The SMILES string of the molecule is Cc1ccc(C)c(NC(=O)COC(=O)Cc2ccc3ccccc3c2)c1. The Kier molecular flexibility index (Phi) is 5.32. The van der Waals surface area contributed by atoms with E-state index in [0.29, 0.717) is 0 Å². The Hall–Kier alpha value is -3.14. The van der Waals surface area contributed by atoms with Crippen LogP contribution < -0.4 is 5.32 Å². The normalized spacial score (nSPS) is 10.5. The van der Waals surface area contributed by atoms with Crippen molar-refractivity contribution in [3.8, 4) is 0 Å². The van der Waals surface area contributed by atoms with Gasteiger partial charge in [-0.15, -0.1) is 0 Å². The molecular formula is C22H21NO3. The third kappa shape index (κ3) is 4.48. The largest absolute Gasteiger partial charge is 0.455 e. The first-order valence-corrected chi connectivity index (χ1v) is 8.52. The van der Waals surface area contributed by atoms with Gasteiger partial charge in [-0.2, -0.15) is 0 Å². The molecule has 3 rings (SSSR count). The number of rotatable bonds is 5. The lowest BCUT2D eigenvalue weighted by molar-refractivity contribution is -0.146. The van der Waals surface area contributed by atoms with Gasteiger partial charge in [-0.3, -0.25) is 9.59 Å². The fraction of sp³-hybridized carbons (Fsp3) is 0.182. The maximum Gasteiger partial charge on any atom is 0.310 e. The predicted molar refractivity (Wildman–Crippen MR) is 103 cm³/mol. The molecule has 1 N–H and O–H groups in total. The number of nitrogens with one attached hydrogen (secondary N) is 1. The number of hydrogen-bond donors (Lipinski definition) is 1. The van der Waals surface area contributed by atoms with Crippen molar-refractivity contribution in [1.29, 1.82) is 0 Å². The fourth-order valence-electron chi connectivity index (χ4n) is 2.77. The Morgan fingerprint density at radius 2 is 1.69 bits per heavy atom. The maximum atomic E-state index is 12.0. The second kappa shape index (κ2) is 7.83. The fourth-order valence-corrected chi connectivity index (χ4v) is 2.77. The molecule has 0 heterocycles. The number of hydrogen-bond acceptors (Lipinski definition) is 3. The van der Waals surface area contributed by atoms with Gasteiger partial charge in [-0.25, -0.2) is 0 Å². The highest BCUT2D eigenvalue weighted by Gasteiger charge is 2.10. The smallest absolute Gasteiger partial charge is 0.310 e. The van der Waals surface area contributed by atoms with Gasteiger partial charge in [0, 0.05) is 5.69 Å². The van der Waals surface area contributed by atoms with Crippen LogP contribution in [0.3, 0.4) is 0 Å². The highest BCUT2D eigenvalue weighted by molar-refractivity contribution is 5.93. The Labute approximate surface area is 152 Å². The lowest BCUT2D eigenvalue weighted by atomic mass is 10.1. The highest BCUT2D eigenvalue weighted by atomic mass is 16.5. The molecule has 0 unspecified atom stereocenters. The summed E-state index contributed by atoms with van der Waals surface area (Å²) in [6.45, 7) is 3.58. The summed E-state index contributed by atoms with van der Waals surface area (Å²) in [6, 6.07) is 19.6. The highest BCUT2D eigenvalue weighted by Crippen LogP contribution is 2.17. The van der Waals surface area contributed by atoms with Gasteiger partial charge < -0.3 is 10.1 Å². The topological polar surface area (TPSA) is 55.4 Å². The molecule has 0 bridgehead atoms. The molecule has 0 aliphatic heterocycles. The van der Waals surface area contributed by atoms with Crippen molar-refractivity contribution in [3.63, 3.8) is 0 Å². The standard InChI is InChI=1S/C22H21NO3/c1-15-7-8-16(2)20(11-15)23-21(24)14-26-22(25)13-17-9-10-18-5-3-4-6-19(18)12-17/h3-12H,13-14H2,1-2H3,(H,23,24). The van der Waals surface area contributed by atoms with Crippen molar-refractivity contribution in [3.05, 3.63) is 77.4 Å². The van der Waals surface area contributed by atoms with E-state index in [9.17, 15) is 9.59 Å². The van der Waals surface area contributed by atoms with Crippen LogP contribution in [0.1, 0.15) is 16.7 Å². The Bertz CT molecular complexity index is 963. The summed E-state index contributed by atoms with van der Waals surface area (Å²) >= 11 is 0. The van der Waals surface area contributed by atoms with E-state index in [-0.39, 0.29) is 18.9 Å². The van der Waals surface area contributed by atoms with E-state index in [1.807, 2.05) is 74.5 Å². The van der Waals surface area contributed by atoms with Gasteiger partial charge in [0.25, 0.3) is 5.91 Å². The zero-order valence-corrected chi connectivity index (χ0v) is 14.9. The lowest BCUT2D eigenvalue weighted by Gasteiger charge is -2.10. The van der Waals surface area contributed by atoms with Crippen LogP contribution in [0.5, 0.6) is 0 Å². The van der Waals surface area contributed by atoms with E-state index in [2.05, 4.69) is 5.32 Å². The van der Waals surface area contributed by atoms with E-state index in [4.69, 9.17) is 4.74 Å². The minimum Gasteiger partial charge on any atom is -0.455 e. The molecule has 1 amide bonds. The Balaban J connectivity index is 1.54. The number of fused-ring (bicyclic) bond motifs is 1. The molecule has 0 radical (unpaired) electrons. The van der Waals surface area contributed by atoms with E-state index in [1.54, 1.807) is 0 Å². The molecule has 0 aliphatic rings. The second-order valence-electron chi connectivity index (χ2n) is 6.39. The summed E-state index contributed by atoms with van der Waals surface area (Å²) in [7, 11) is 0. The minimum absolute atomic E-state index is 0.140. The van der Waals surface area contributed by atoms with E-state index in [0.717, 1.165) is 33.2 Å². The van der Waals surface area contributed by atoms with E-state index in [1.165, 1.54) is 0 Å². The average Bonchev–Trinajstić information content (AvgIpc) is 2.63. The first kappa shape index (κ1) is 17.7. The second-order valence-corrected chi connectivity index (χ2v) is 6.39. The number of anilines is 1. The molecule has 26 heavy (non-hydrogen) atoms. The maximum absolute atomic E-state index is 12.0. The summed E-state index contributed by atoms with van der Waals surface area (Å²) in [4.78, 5) is 24.0. The van der Waals surface area contributed by atoms with Gasteiger partial charge >= 0.3 is 5.97 Å². The molecule has 0 saturated carbocycles. The molecule has 4 nitrogen and oxygen atoms in total. The molecule has 3 aromatic rings. The van der Waals surface area contributed by atoms with Gasteiger partial charge in [0.1, 0.15) is 0 Å². The van der Waals surface area contributed by atoms with Crippen LogP contribution in [0.15, 0.2) is 60.7 Å². The van der Waals surface area contributed by atoms with Crippen LogP contribution >= 0.6 is 0 Å². The zero-order chi connectivity index (χ0) is 18.5. The van der Waals surface area contributed by atoms with Crippen molar-refractivity contribution in [1.82, 2.24) is 0 Å². The number of carbonyl (C=O) groups is 2. The Morgan fingerprint density at radius 1 is 0.923 bits per heavy atom. The summed E-state index contributed by atoms with van der Waals surface area (Å²) in [5.41, 5.74) is 3.62. The van der Waals surface area contributed by atoms with Crippen molar-refractivity contribution < 1.29 is 14.3 Å². The molecule has 0 atom stereocenters. The van der Waals surface area contributed by atoms with Gasteiger partial charge in [-0.1, -0.05) is 54.6 Å². The lowest BCUT2D eigenvalue weighted by Crippen LogP contribution is -2.22. The number of carbonyl (C=O) groups excluding carboxylic acids is 2. The van der Waals surface area contributed by atoms with Crippen molar-refractivity contribution in [2.75, 3.05) is 11.9 Å². The third-order valence-corrected chi connectivity index (χ3v) is 4.19. The number of aryl methyl sites for hydroxylation is 2. The van der Waals surface area contributed by atoms with Crippen LogP contribution in [0.25, 0.3) is 10.8 Å². The molecule has 0 aromatic heterocycles. The molecule has 3 aromatic carbocycles. The van der Waals surface area contributed by atoms with Gasteiger partial charge in [0.2, 0.25) is 0 Å². The summed E-state index contributed by atoms with van der Waals surface area (Å²) in [6.07, 6.45) is 0.140. The number of esters is 1. The van der Waals surface area contributed by atoms with Crippen LogP contribution in [0.2, 0.25) is 0 Å². The third-order valence-electron chi connectivity index (χ3n) is 4.19. The summed E-state index contributed by atoms with van der Waals surface area (Å²) in [5, 5.41) is 4.98.